The second kappa shape index (κ2) is 4.66. The molecule has 1 unspecified atom stereocenters. The highest BCUT2D eigenvalue weighted by atomic mass is 32.1. The van der Waals surface area contributed by atoms with Crippen molar-refractivity contribution in [2.45, 2.75) is 31.8 Å². The molecular formula is C16H18O2S. The topological polar surface area (TPSA) is 29.5 Å². The van der Waals surface area contributed by atoms with Crippen molar-refractivity contribution in [3.63, 3.8) is 0 Å². The van der Waals surface area contributed by atoms with Crippen LogP contribution in [-0.2, 0) is 18.4 Å². The molecular weight excluding hydrogens is 256 g/mol. The number of hydrogen-bond donors (Lipinski definition) is 1. The van der Waals surface area contributed by atoms with E-state index >= 15 is 0 Å². The fraction of sp³-hybridized carbons (Fsp3) is 0.375. The lowest BCUT2D eigenvalue weighted by Gasteiger charge is -2.34. The summed E-state index contributed by atoms with van der Waals surface area (Å²) in [5.41, 5.74) is 2.91. The van der Waals surface area contributed by atoms with Crippen molar-refractivity contribution in [3.8, 4) is 5.75 Å². The van der Waals surface area contributed by atoms with Gasteiger partial charge < -0.3 is 9.84 Å². The van der Waals surface area contributed by atoms with E-state index in [0.29, 0.717) is 6.42 Å². The third-order valence-corrected chi connectivity index (χ3v) is 4.91. The van der Waals surface area contributed by atoms with Gasteiger partial charge in [-0.3, -0.25) is 0 Å². The van der Waals surface area contributed by atoms with Crippen LogP contribution in [0.5, 0.6) is 5.75 Å². The molecule has 1 aliphatic rings. The lowest BCUT2D eigenvalue weighted by atomic mass is 9.76. The molecule has 1 aliphatic carbocycles. The van der Waals surface area contributed by atoms with Crippen molar-refractivity contribution in [1.82, 2.24) is 0 Å². The van der Waals surface area contributed by atoms with Gasteiger partial charge in [0.2, 0.25) is 0 Å². The molecule has 3 heteroatoms. The molecule has 1 aromatic heterocycles. The zero-order valence-electron chi connectivity index (χ0n) is 11.3. The highest BCUT2D eigenvalue weighted by molar-refractivity contribution is 7.10. The van der Waals surface area contributed by atoms with Crippen LogP contribution in [0.3, 0.4) is 0 Å². The van der Waals surface area contributed by atoms with E-state index in [1.54, 1.807) is 18.4 Å². The first-order valence-electron chi connectivity index (χ1n) is 6.55. The first kappa shape index (κ1) is 12.7. The van der Waals surface area contributed by atoms with Crippen molar-refractivity contribution in [2.75, 3.05) is 7.11 Å². The molecule has 0 amide bonds. The van der Waals surface area contributed by atoms with Crippen LogP contribution in [0.2, 0.25) is 0 Å². The van der Waals surface area contributed by atoms with Crippen molar-refractivity contribution in [3.05, 3.63) is 51.2 Å². The Balaban J connectivity index is 1.99. The maximum absolute atomic E-state index is 11.0. The molecule has 0 saturated carbocycles. The monoisotopic (exact) mass is 274 g/mol. The molecule has 0 radical (unpaired) electrons. The third-order valence-electron chi connectivity index (χ3n) is 4.06. The zero-order chi connectivity index (χ0) is 13.5. The SMILES string of the molecule is COc1ccc2c(c1)CC(O)(c1ccsc1C)CC2. The summed E-state index contributed by atoms with van der Waals surface area (Å²) < 4.78 is 5.28. The predicted octanol–water partition coefficient (Wildman–Crippen LogP) is 3.44. The molecule has 1 heterocycles. The molecule has 100 valence electrons. The fourth-order valence-electron chi connectivity index (χ4n) is 2.98. The molecule has 0 fully saturated rings. The Labute approximate surface area is 117 Å². The van der Waals surface area contributed by atoms with Crippen LogP contribution in [-0.4, -0.2) is 12.2 Å². The Morgan fingerprint density at radius 1 is 1.26 bits per heavy atom. The highest BCUT2D eigenvalue weighted by Gasteiger charge is 2.35. The minimum Gasteiger partial charge on any atom is -0.497 e. The van der Waals surface area contributed by atoms with Gasteiger partial charge in [0.05, 0.1) is 12.7 Å². The van der Waals surface area contributed by atoms with Gasteiger partial charge in [-0.15, -0.1) is 11.3 Å². The quantitative estimate of drug-likeness (QED) is 0.909. The van der Waals surface area contributed by atoms with E-state index in [0.717, 1.165) is 24.2 Å². The lowest BCUT2D eigenvalue weighted by molar-refractivity contribution is 0.0221. The number of hydrogen-bond acceptors (Lipinski definition) is 3. The van der Waals surface area contributed by atoms with Gasteiger partial charge in [-0.05, 0) is 60.0 Å². The van der Waals surface area contributed by atoms with Crippen molar-refractivity contribution in [2.24, 2.45) is 0 Å². The Hall–Kier alpha value is -1.32. The number of benzene rings is 1. The van der Waals surface area contributed by atoms with E-state index < -0.39 is 5.60 Å². The predicted molar refractivity (Wildman–Crippen MR) is 78.0 cm³/mol. The summed E-state index contributed by atoms with van der Waals surface area (Å²) in [4.78, 5) is 1.22. The third kappa shape index (κ3) is 2.17. The summed E-state index contributed by atoms with van der Waals surface area (Å²) in [5.74, 6) is 0.866. The molecule has 1 aromatic carbocycles. The van der Waals surface area contributed by atoms with Crippen molar-refractivity contribution in [1.29, 1.82) is 0 Å². The van der Waals surface area contributed by atoms with Gasteiger partial charge in [-0.25, -0.2) is 0 Å². The zero-order valence-corrected chi connectivity index (χ0v) is 12.1. The summed E-state index contributed by atoms with van der Waals surface area (Å²) in [7, 11) is 1.68. The van der Waals surface area contributed by atoms with Gasteiger partial charge >= 0.3 is 0 Å². The van der Waals surface area contributed by atoms with Gasteiger partial charge in [0.15, 0.2) is 0 Å². The number of methoxy groups -OCH3 is 1. The van der Waals surface area contributed by atoms with E-state index in [1.165, 1.54) is 16.0 Å². The van der Waals surface area contributed by atoms with Crippen LogP contribution >= 0.6 is 11.3 Å². The average molecular weight is 274 g/mol. The van der Waals surface area contributed by atoms with Crippen molar-refractivity contribution >= 4 is 11.3 Å². The molecule has 19 heavy (non-hydrogen) atoms. The number of thiophene rings is 1. The molecule has 2 aromatic rings. The number of aliphatic hydroxyl groups is 1. The Kier molecular flexibility index (Phi) is 3.11. The van der Waals surface area contributed by atoms with Gasteiger partial charge in [-0.2, -0.15) is 0 Å². The normalized spacial score (nSPS) is 22.1. The molecule has 0 bridgehead atoms. The minimum absolute atomic E-state index is 0.678. The average Bonchev–Trinajstić information content (AvgIpc) is 2.85. The van der Waals surface area contributed by atoms with Gasteiger partial charge in [0, 0.05) is 11.3 Å². The smallest absolute Gasteiger partial charge is 0.119 e. The maximum atomic E-state index is 11.0. The van der Waals surface area contributed by atoms with E-state index in [1.807, 2.05) is 6.07 Å². The number of fused-ring (bicyclic) bond motifs is 1. The molecule has 1 N–H and O–H groups in total. The number of aryl methyl sites for hydroxylation is 2. The summed E-state index contributed by atoms with van der Waals surface area (Å²) in [5, 5.41) is 13.0. The molecule has 1 atom stereocenters. The van der Waals surface area contributed by atoms with Crippen molar-refractivity contribution < 1.29 is 9.84 Å². The standard InChI is InChI=1S/C16H18O2S/c1-11-15(6-8-19-11)16(17)7-5-12-3-4-14(18-2)9-13(12)10-16/h3-4,6,8-9,17H,5,7,10H2,1-2H3. The first-order chi connectivity index (χ1) is 9.12. The molecule has 2 nitrogen and oxygen atoms in total. The van der Waals surface area contributed by atoms with Crippen LogP contribution < -0.4 is 4.74 Å². The maximum Gasteiger partial charge on any atom is 0.119 e. The van der Waals surface area contributed by atoms with Crippen LogP contribution in [0, 0.1) is 6.92 Å². The van der Waals surface area contributed by atoms with Crippen LogP contribution in [0.1, 0.15) is 28.0 Å². The second-order valence-electron chi connectivity index (χ2n) is 5.23. The summed E-state index contributed by atoms with van der Waals surface area (Å²) in [6.45, 7) is 2.08. The van der Waals surface area contributed by atoms with Crippen LogP contribution in [0.25, 0.3) is 0 Å². The Morgan fingerprint density at radius 2 is 2.11 bits per heavy atom. The molecule has 0 saturated heterocycles. The minimum atomic E-state index is -0.719. The van der Waals surface area contributed by atoms with E-state index in [2.05, 4.69) is 30.5 Å². The Bertz CT molecular complexity index is 603. The molecule has 0 spiro atoms. The highest BCUT2D eigenvalue weighted by Crippen LogP contribution is 2.40. The summed E-state index contributed by atoms with van der Waals surface area (Å²) in [6.07, 6.45) is 2.39. The molecule has 3 rings (SSSR count). The van der Waals surface area contributed by atoms with Gasteiger partial charge in [0.1, 0.15) is 5.75 Å². The largest absolute Gasteiger partial charge is 0.497 e. The van der Waals surface area contributed by atoms with Gasteiger partial charge in [0.25, 0.3) is 0 Å². The van der Waals surface area contributed by atoms with Gasteiger partial charge in [-0.1, -0.05) is 6.07 Å². The van der Waals surface area contributed by atoms with Crippen LogP contribution in [0.4, 0.5) is 0 Å². The second-order valence-corrected chi connectivity index (χ2v) is 6.35. The van der Waals surface area contributed by atoms with E-state index in [-0.39, 0.29) is 0 Å². The number of rotatable bonds is 2. The number of ether oxygens (including phenoxy) is 1. The Morgan fingerprint density at radius 3 is 2.79 bits per heavy atom. The summed E-state index contributed by atoms with van der Waals surface area (Å²) >= 11 is 1.70. The molecule has 0 aliphatic heterocycles. The van der Waals surface area contributed by atoms with Crippen LogP contribution in [0.15, 0.2) is 29.6 Å². The first-order valence-corrected chi connectivity index (χ1v) is 7.43. The lowest BCUT2D eigenvalue weighted by Crippen LogP contribution is -2.33. The summed E-state index contributed by atoms with van der Waals surface area (Å²) in [6, 6.07) is 8.24. The van der Waals surface area contributed by atoms with E-state index in [4.69, 9.17) is 4.74 Å². The van der Waals surface area contributed by atoms with E-state index in [9.17, 15) is 5.11 Å². The fourth-order valence-corrected chi connectivity index (χ4v) is 3.77.